The molecule has 0 aliphatic carbocycles. The van der Waals surface area contributed by atoms with E-state index in [9.17, 15) is 4.79 Å². The molecule has 1 saturated heterocycles. The lowest BCUT2D eigenvalue weighted by Crippen LogP contribution is -2.20. The normalized spacial score (nSPS) is 22.2. The van der Waals surface area contributed by atoms with Gasteiger partial charge in [0.25, 0.3) is 0 Å². The van der Waals surface area contributed by atoms with E-state index in [1.165, 1.54) is 6.42 Å². The molecule has 19 heavy (non-hydrogen) atoms. The van der Waals surface area contributed by atoms with Crippen LogP contribution >= 0.6 is 11.8 Å². The van der Waals surface area contributed by atoms with E-state index in [-0.39, 0.29) is 12.3 Å². The Morgan fingerprint density at radius 3 is 3.00 bits per heavy atom. The molecular weight excluding hydrogens is 260 g/mol. The van der Waals surface area contributed by atoms with Crippen LogP contribution in [0.3, 0.4) is 0 Å². The average molecular weight is 280 g/mol. The van der Waals surface area contributed by atoms with Gasteiger partial charge in [-0.25, -0.2) is 0 Å². The zero-order chi connectivity index (χ0) is 13.7. The second-order valence-corrected chi connectivity index (χ2v) is 6.25. The summed E-state index contributed by atoms with van der Waals surface area (Å²) in [5.74, 6) is 1.57. The van der Waals surface area contributed by atoms with Crippen molar-refractivity contribution in [2.75, 3.05) is 17.7 Å². The third-order valence-electron chi connectivity index (χ3n) is 3.05. The molecular formula is C14H20N2O2S. The fourth-order valence-corrected chi connectivity index (χ4v) is 3.26. The smallest absolute Gasteiger partial charge is 0.220 e. The lowest BCUT2D eigenvalue weighted by molar-refractivity contribution is -0.118. The van der Waals surface area contributed by atoms with E-state index in [0.717, 1.165) is 17.2 Å². The first-order valence-corrected chi connectivity index (χ1v) is 7.58. The molecule has 0 radical (unpaired) electrons. The summed E-state index contributed by atoms with van der Waals surface area (Å²) >= 11 is 1.99. The molecule has 1 aromatic rings. The molecule has 2 rings (SSSR count). The van der Waals surface area contributed by atoms with Crippen molar-refractivity contribution in [3.63, 3.8) is 0 Å². The minimum atomic E-state index is -0.341. The molecule has 1 heterocycles. The number of amides is 1. The lowest BCUT2D eigenvalue weighted by Gasteiger charge is -2.17. The van der Waals surface area contributed by atoms with Crippen LogP contribution in [0.1, 0.15) is 19.8 Å². The minimum absolute atomic E-state index is 0.241. The Kier molecular flexibility index (Phi) is 4.96. The van der Waals surface area contributed by atoms with Crippen LogP contribution in [0.2, 0.25) is 0 Å². The number of ether oxygens (including phenoxy) is 1. The van der Waals surface area contributed by atoms with Gasteiger partial charge in [-0.05, 0) is 18.6 Å². The summed E-state index contributed by atoms with van der Waals surface area (Å²) in [7, 11) is 0. The Bertz CT molecular complexity index is 439. The van der Waals surface area contributed by atoms with Crippen LogP contribution in [-0.2, 0) is 4.79 Å². The molecule has 0 bridgehead atoms. The van der Waals surface area contributed by atoms with E-state index < -0.39 is 0 Å². The van der Waals surface area contributed by atoms with Gasteiger partial charge in [-0.1, -0.05) is 19.1 Å². The third-order valence-corrected chi connectivity index (χ3v) is 4.41. The molecule has 104 valence electrons. The first-order chi connectivity index (χ1) is 9.15. The molecule has 0 aromatic heterocycles. The predicted octanol–water partition coefficient (Wildman–Crippen LogP) is 2.25. The first-order valence-electron chi connectivity index (χ1n) is 6.53. The fraction of sp³-hybridized carbons (Fsp3) is 0.500. The highest BCUT2D eigenvalue weighted by molar-refractivity contribution is 8.00. The van der Waals surface area contributed by atoms with Crippen molar-refractivity contribution in [1.29, 1.82) is 0 Å². The van der Waals surface area contributed by atoms with Gasteiger partial charge in [0.15, 0.2) is 0 Å². The number of primary amides is 1. The number of hydrogen-bond acceptors (Lipinski definition) is 4. The largest absolute Gasteiger partial charge is 0.491 e. The van der Waals surface area contributed by atoms with Crippen LogP contribution in [0.15, 0.2) is 24.3 Å². The van der Waals surface area contributed by atoms with E-state index in [4.69, 9.17) is 10.5 Å². The molecule has 4 nitrogen and oxygen atoms in total. The molecule has 3 N–H and O–H groups in total. The molecule has 2 atom stereocenters. The Balaban J connectivity index is 1.93. The topological polar surface area (TPSA) is 64.3 Å². The first kappa shape index (κ1) is 14.1. The van der Waals surface area contributed by atoms with Gasteiger partial charge in [-0.3, -0.25) is 4.79 Å². The van der Waals surface area contributed by atoms with Gasteiger partial charge in [-0.2, -0.15) is 11.8 Å². The van der Waals surface area contributed by atoms with Gasteiger partial charge in [0, 0.05) is 17.0 Å². The highest BCUT2D eigenvalue weighted by Gasteiger charge is 2.22. The Morgan fingerprint density at radius 2 is 2.32 bits per heavy atom. The monoisotopic (exact) mass is 280 g/mol. The van der Waals surface area contributed by atoms with Crippen LogP contribution in [0.25, 0.3) is 0 Å². The number of carbonyl (C=O) groups is 1. The van der Waals surface area contributed by atoms with E-state index in [0.29, 0.717) is 17.9 Å². The quantitative estimate of drug-likeness (QED) is 0.839. The maximum Gasteiger partial charge on any atom is 0.220 e. The minimum Gasteiger partial charge on any atom is -0.491 e. The average Bonchev–Trinajstić information content (AvgIpc) is 2.77. The third kappa shape index (κ3) is 4.35. The Labute approximate surface area is 118 Å². The number of rotatable bonds is 6. The summed E-state index contributed by atoms with van der Waals surface area (Å²) in [6.45, 7) is 2.57. The summed E-state index contributed by atoms with van der Waals surface area (Å²) in [4.78, 5) is 10.7. The van der Waals surface area contributed by atoms with Crippen molar-refractivity contribution < 1.29 is 9.53 Å². The molecule has 1 aromatic carbocycles. The highest BCUT2D eigenvalue weighted by atomic mass is 32.2. The van der Waals surface area contributed by atoms with Crippen LogP contribution in [0, 0.1) is 0 Å². The number of carbonyl (C=O) groups excluding carboxylic acids is 1. The maximum absolute atomic E-state index is 10.7. The lowest BCUT2D eigenvalue weighted by atomic mass is 10.2. The van der Waals surface area contributed by atoms with Gasteiger partial charge in [0.1, 0.15) is 5.75 Å². The number of para-hydroxylation sites is 2. The maximum atomic E-state index is 10.7. The zero-order valence-corrected chi connectivity index (χ0v) is 11.9. The number of nitrogens with one attached hydrogen (secondary N) is 1. The van der Waals surface area contributed by atoms with Crippen LogP contribution in [-0.4, -0.2) is 29.6 Å². The molecule has 1 fully saturated rings. The molecule has 1 aliphatic heterocycles. The summed E-state index contributed by atoms with van der Waals surface area (Å²) in [5.41, 5.74) is 6.10. The summed E-state index contributed by atoms with van der Waals surface area (Å²) in [6, 6.07) is 8.31. The number of nitrogens with two attached hydrogens (primary N) is 1. The van der Waals surface area contributed by atoms with E-state index in [2.05, 4.69) is 12.2 Å². The van der Waals surface area contributed by atoms with Crippen molar-refractivity contribution in [2.45, 2.75) is 31.1 Å². The second-order valence-electron chi connectivity index (χ2n) is 4.78. The van der Waals surface area contributed by atoms with Gasteiger partial charge < -0.3 is 15.8 Å². The van der Waals surface area contributed by atoms with Crippen molar-refractivity contribution in [1.82, 2.24) is 0 Å². The van der Waals surface area contributed by atoms with Crippen LogP contribution in [0.4, 0.5) is 5.69 Å². The van der Waals surface area contributed by atoms with Crippen LogP contribution in [0.5, 0.6) is 5.75 Å². The summed E-state index contributed by atoms with van der Waals surface area (Å²) in [6.07, 6.45) is 1.41. The predicted molar refractivity (Wildman–Crippen MR) is 79.7 cm³/mol. The fourth-order valence-electron chi connectivity index (χ4n) is 2.11. The molecule has 0 spiro atoms. The van der Waals surface area contributed by atoms with Crippen molar-refractivity contribution in [3.8, 4) is 5.75 Å². The number of hydrogen-bond donors (Lipinski definition) is 2. The van der Waals surface area contributed by atoms with Gasteiger partial charge in [0.05, 0.1) is 18.7 Å². The summed E-state index contributed by atoms with van der Waals surface area (Å²) in [5, 5.41) is 4.22. The number of anilines is 1. The molecule has 2 unspecified atom stereocenters. The van der Waals surface area contributed by atoms with Crippen molar-refractivity contribution in [3.05, 3.63) is 24.3 Å². The zero-order valence-electron chi connectivity index (χ0n) is 11.1. The van der Waals surface area contributed by atoms with Gasteiger partial charge in [-0.15, -0.1) is 0 Å². The van der Waals surface area contributed by atoms with Gasteiger partial charge >= 0.3 is 0 Å². The van der Waals surface area contributed by atoms with E-state index in [1.54, 1.807) is 0 Å². The van der Waals surface area contributed by atoms with E-state index in [1.807, 2.05) is 36.0 Å². The summed E-state index contributed by atoms with van der Waals surface area (Å²) < 4.78 is 5.61. The van der Waals surface area contributed by atoms with Crippen LogP contribution < -0.4 is 15.8 Å². The SMILES string of the molecule is CC1CC(Nc2ccccc2OCCC(N)=O)CS1. The molecule has 5 heteroatoms. The van der Waals surface area contributed by atoms with Crippen molar-refractivity contribution in [2.24, 2.45) is 5.73 Å². The second kappa shape index (κ2) is 6.70. The number of thioether (sulfide) groups is 1. The van der Waals surface area contributed by atoms with Gasteiger partial charge in [0.2, 0.25) is 5.91 Å². The van der Waals surface area contributed by atoms with Crippen molar-refractivity contribution >= 4 is 23.4 Å². The highest BCUT2D eigenvalue weighted by Crippen LogP contribution is 2.31. The van der Waals surface area contributed by atoms with E-state index >= 15 is 0 Å². The standard InChI is InChI=1S/C14H20N2O2S/c1-10-8-11(9-19-10)16-12-4-2-3-5-13(12)18-7-6-14(15)17/h2-5,10-11,16H,6-9H2,1H3,(H2,15,17). The molecule has 1 aliphatic rings. The molecule has 0 saturated carbocycles. The Hall–Kier alpha value is -1.36. The number of benzene rings is 1. The Morgan fingerprint density at radius 1 is 1.53 bits per heavy atom. The molecule has 1 amide bonds.